The molecule has 0 N–H and O–H groups in total. The van der Waals surface area contributed by atoms with Gasteiger partial charge >= 0.3 is 0 Å². The van der Waals surface area contributed by atoms with Crippen LogP contribution in [0.3, 0.4) is 0 Å². The van der Waals surface area contributed by atoms with Gasteiger partial charge in [0.2, 0.25) is 11.8 Å². The lowest BCUT2D eigenvalue weighted by atomic mass is 10.1. The lowest BCUT2D eigenvalue weighted by Crippen LogP contribution is -2.46. The number of fused-ring (bicyclic) bond motifs is 3. The number of nitrogens with zero attached hydrogens (tertiary/aromatic N) is 6. The largest absolute Gasteiger partial charge is 0.478 e. The highest BCUT2D eigenvalue weighted by molar-refractivity contribution is 5.85. The summed E-state index contributed by atoms with van der Waals surface area (Å²) in [6.07, 6.45) is 5.12. The van der Waals surface area contributed by atoms with Gasteiger partial charge in [-0.1, -0.05) is 19.9 Å². The normalized spacial score (nSPS) is 18.4. The Hall–Kier alpha value is -3.23. The maximum atomic E-state index is 6.01. The molecule has 0 bridgehead atoms. The molecule has 0 spiro atoms. The molecule has 8 heteroatoms. The molecule has 196 valence electrons. The van der Waals surface area contributed by atoms with Gasteiger partial charge in [0.1, 0.15) is 0 Å². The molecule has 1 aromatic carbocycles. The van der Waals surface area contributed by atoms with E-state index in [1.165, 1.54) is 0 Å². The molecule has 4 aromatic rings. The Bertz CT molecular complexity index is 1350. The second kappa shape index (κ2) is 10.6. The fourth-order valence-electron chi connectivity index (χ4n) is 5.09. The maximum absolute atomic E-state index is 6.01. The van der Waals surface area contributed by atoms with Gasteiger partial charge in [-0.15, -0.1) is 0 Å². The summed E-state index contributed by atoms with van der Waals surface area (Å²) in [7, 11) is 4.14. The van der Waals surface area contributed by atoms with Crippen LogP contribution in [0.1, 0.15) is 45.7 Å². The van der Waals surface area contributed by atoms with Crippen molar-refractivity contribution >= 4 is 22.5 Å². The summed E-state index contributed by atoms with van der Waals surface area (Å²) in [5.74, 6) is 1.91. The highest BCUT2D eigenvalue weighted by Gasteiger charge is 2.27. The molecule has 0 radical (unpaired) electrons. The SMILES string of the molecule is CC(C)c1nc(N2C[C@@H](C)O[C@@H](C)C2)n2c1cnc1ccc(-c3ccc(OCCCN(C)C)nc3)cc12. The number of hydrogen-bond acceptors (Lipinski definition) is 7. The Morgan fingerprint density at radius 1 is 1.00 bits per heavy atom. The zero-order valence-electron chi connectivity index (χ0n) is 22.8. The third kappa shape index (κ3) is 5.40. The molecule has 8 nitrogen and oxygen atoms in total. The third-order valence-corrected chi connectivity index (χ3v) is 6.78. The molecule has 0 unspecified atom stereocenters. The highest BCUT2D eigenvalue weighted by Crippen LogP contribution is 2.32. The minimum absolute atomic E-state index is 0.150. The van der Waals surface area contributed by atoms with Gasteiger partial charge in [0.15, 0.2) is 0 Å². The van der Waals surface area contributed by atoms with Gasteiger partial charge in [0.05, 0.1) is 47.3 Å². The summed E-state index contributed by atoms with van der Waals surface area (Å²) >= 11 is 0. The number of benzene rings is 1. The monoisotopic (exact) mass is 502 g/mol. The quantitative estimate of drug-likeness (QED) is 0.314. The number of hydrogen-bond donors (Lipinski definition) is 0. The van der Waals surface area contributed by atoms with E-state index in [1.54, 1.807) is 0 Å². The van der Waals surface area contributed by atoms with Crippen molar-refractivity contribution in [2.75, 3.05) is 45.2 Å². The average molecular weight is 503 g/mol. The first-order chi connectivity index (χ1) is 17.8. The number of aromatic nitrogens is 4. The summed E-state index contributed by atoms with van der Waals surface area (Å²) in [6.45, 7) is 11.9. The molecule has 1 fully saturated rings. The van der Waals surface area contributed by atoms with E-state index in [0.29, 0.717) is 12.5 Å². The van der Waals surface area contributed by atoms with Crippen molar-refractivity contribution in [3.63, 3.8) is 0 Å². The number of rotatable bonds is 8. The van der Waals surface area contributed by atoms with Gasteiger partial charge in [-0.3, -0.25) is 9.38 Å². The van der Waals surface area contributed by atoms with E-state index in [2.05, 4.69) is 85.2 Å². The molecule has 1 aliphatic heterocycles. The lowest BCUT2D eigenvalue weighted by Gasteiger charge is -2.35. The van der Waals surface area contributed by atoms with Crippen LogP contribution in [0, 0.1) is 0 Å². The van der Waals surface area contributed by atoms with E-state index in [-0.39, 0.29) is 18.1 Å². The number of pyridine rings is 1. The Morgan fingerprint density at radius 3 is 2.43 bits per heavy atom. The van der Waals surface area contributed by atoms with Crippen LogP contribution in [0.4, 0.5) is 5.95 Å². The molecular weight excluding hydrogens is 464 g/mol. The van der Waals surface area contributed by atoms with E-state index >= 15 is 0 Å². The molecule has 1 aliphatic rings. The van der Waals surface area contributed by atoms with Crippen LogP contribution >= 0.6 is 0 Å². The van der Waals surface area contributed by atoms with Crippen LogP contribution < -0.4 is 9.64 Å². The molecule has 0 amide bonds. The van der Waals surface area contributed by atoms with Crippen molar-refractivity contribution in [1.82, 2.24) is 24.3 Å². The molecule has 3 aromatic heterocycles. The van der Waals surface area contributed by atoms with E-state index in [1.807, 2.05) is 18.5 Å². The van der Waals surface area contributed by atoms with Gasteiger partial charge in [-0.25, -0.2) is 9.97 Å². The van der Waals surface area contributed by atoms with Crippen LogP contribution in [0.5, 0.6) is 5.88 Å². The van der Waals surface area contributed by atoms with Crippen LogP contribution in [-0.4, -0.2) is 76.8 Å². The summed E-state index contributed by atoms with van der Waals surface area (Å²) in [6, 6.07) is 10.4. The average Bonchev–Trinajstić information content (AvgIpc) is 3.27. The van der Waals surface area contributed by atoms with Crippen molar-refractivity contribution in [3.05, 3.63) is 48.4 Å². The molecule has 0 saturated carbocycles. The molecule has 1 saturated heterocycles. The fourth-order valence-corrected chi connectivity index (χ4v) is 5.09. The Morgan fingerprint density at radius 2 is 1.76 bits per heavy atom. The molecular formula is C29H38N6O2. The molecule has 5 rings (SSSR count). The van der Waals surface area contributed by atoms with Crippen LogP contribution in [-0.2, 0) is 4.74 Å². The second-order valence-corrected chi connectivity index (χ2v) is 10.7. The summed E-state index contributed by atoms with van der Waals surface area (Å²) in [5.41, 5.74) is 6.23. The van der Waals surface area contributed by atoms with Crippen molar-refractivity contribution < 1.29 is 9.47 Å². The zero-order chi connectivity index (χ0) is 26.1. The van der Waals surface area contributed by atoms with Gasteiger partial charge in [-0.2, -0.15) is 0 Å². The first-order valence-electron chi connectivity index (χ1n) is 13.3. The maximum Gasteiger partial charge on any atom is 0.213 e. The third-order valence-electron chi connectivity index (χ3n) is 6.78. The summed E-state index contributed by atoms with van der Waals surface area (Å²) in [4.78, 5) is 19.0. The summed E-state index contributed by atoms with van der Waals surface area (Å²) < 4.78 is 14.1. The minimum atomic E-state index is 0.150. The van der Waals surface area contributed by atoms with Crippen molar-refractivity contribution in [2.24, 2.45) is 0 Å². The molecule has 4 heterocycles. The Balaban J connectivity index is 1.52. The lowest BCUT2D eigenvalue weighted by molar-refractivity contribution is -0.00573. The Kier molecular flexibility index (Phi) is 7.31. The first kappa shape index (κ1) is 25.4. The smallest absolute Gasteiger partial charge is 0.213 e. The number of ether oxygens (including phenoxy) is 2. The van der Waals surface area contributed by atoms with Crippen molar-refractivity contribution in [3.8, 4) is 17.0 Å². The van der Waals surface area contributed by atoms with Gasteiger partial charge in [-0.05, 0) is 64.0 Å². The minimum Gasteiger partial charge on any atom is -0.478 e. The topological polar surface area (TPSA) is 68.0 Å². The van der Waals surface area contributed by atoms with E-state index in [9.17, 15) is 0 Å². The van der Waals surface area contributed by atoms with Gasteiger partial charge in [0.25, 0.3) is 0 Å². The van der Waals surface area contributed by atoms with Crippen LogP contribution in [0.25, 0.3) is 27.7 Å². The Labute approximate surface area is 219 Å². The number of anilines is 1. The van der Waals surface area contributed by atoms with E-state index < -0.39 is 0 Å². The van der Waals surface area contributed by atoms with Crippen molar-refractivity contribution in [1.29, 1.82) is 0 Å². The predicted molar refractivity (Wildman–Crippen MR) is 149 cm³/mol. The summed E-state index contributed by atoms with van der Waals surface area (Å²) in [5, 5.41) is 0. The van der Waals surface area contributed by atoms with E-state index in [4.69, 9.17) is 19.4 Å². The zero-order valence-corrected chi connectivity index (χ0v) is 22.8. The van der Waals surface area contributed by atoms with E-state index in [0.717, 1.165) is 65.4 Å². The fraction of sp³-hybridized carbons (Fsp3) is 0.483. The standard InChI is InChI=1S/C29H38N6O2/c1-19(2)28-26-16-30-24-10-8-22(23-9-11-27(31-15-23)36-13-7-12-33(5)6)14-25(24)35(26)29(32-28)34-17-20(3)37-21(4)18-34/h8-11,14-16,19-21H,7,12-13,17-18H2,1-6H3/t20-,21+. The van der Waals surface area contributed by atoms with Crippen molar-refractivity contribution in [2.45, 2.75) is 52.2 Å². The molecule has 37 heavy (non-hydrogen) atoms. The predicted octanol–water partition coefficient (Wildman–Crippen LogP) is 5.01. The molecule has 0 aliphatic carbocycles. The van der Waals surface area contributed by atoms with Crippen LogP contribution in [0.15, 0.2) is 42.7 Å². The van der Waals surface area contributed by atoms with Gasteiger partial charge < -0.3 is 19.3 Å². The first-order valence-corrected chi connectivity index (χ1v) is 13.3. The van der Waals surface area contributed by atoms with Gasteiger partial charge in [0, 0.05) is 37.5 Å². The number of morpholine rings is 1. The molecule has 2 atom stereocenters. The second-order valence-electron chi connectivity index (χ2n) is 10.7. The number of imidazole rings is 1. The van der Waals surface area contributed by atoms with Crippen LogP contribution in [0.2, 0.25) is 0 Å². The highest BCUT2D eigenvalue weighted by atomic mass is 16.5.